The fraction of sp³-hybridized carbons (Fsp3) is 0.439. The number of hydrogen-bond acceptors (Lipinski definition) is 33. The molecule has 35 nitrogen and oxygen atoms in total. The maximum atomic E-state index is 13.5. The molecule has 3 aromatic carbocycles. The third kappa shape index (κ3) is 13.3. The highest BCUT2D eigenvalue weighted by Crippen LogP contribution is 2.50. The van der Waals surface area contributed by atoms with Gasteiger partial charge < -0.3 is 154 Å². The van der Waals surface area contributed by atoms with Gasteiger partial charge in [0.15, 0.2) is 64.4 Å². The molecule has 21 atom stereocenters. The predicted octanol–water partition coefficient (Wildman–Crippen LogP) is -4.56. The molecule has 20 N–H and O–H groups in total. The first-order valence-corrected chi connectivity index (χ1v) is 27.7. The Morgan fingerprint density at radius 2 is 1.16 bits per heavy atom. The van der Waals surface area contributed by atoms with Gasteiger partial charge in [-0.3, -0.25) is 14.4 Å². The number of carboxylic acid groups (broad SMARTS) is 1. The van der Waals surface area contributed by atoms with Gasteiger partial charge in [-0.2, -0.15) is 0 Å². The molecule has 10 rings (SSSR count). The standard InChI is InChI=1S/C57H60O35/c58-14-30-36(68)40(72)46(78)55(86-30)92-52-42(74)37(69)31(15-59)87-57(52)90-49-39(71)35-26(65)10-21(11-28(35)84-48(49)17-1-4-19(60)5-2-17)82-56-51(44(76)43(75)50(91-56)53(79)80)89-34(67)13-33(66)81-16-32-38(70)41(73)45(77)54(88-32)85-29-12-22-24(63)8-20(61)9-27(22)83-47(29)18-3-6-23(62)25(64)7-18/h1-12,30-32,36-38,40-46,48,50-52,54-60,62-65,68-78H,13-16H2,(H,79,80)/p+1. The fourth-order valence-corrected chi connectivity index (χ4v) is 10.5. The Morgan fingerprint density at radius 1 is 0.543 bits per heavy atom. The second-order valence-electron chi connectivity index (χ2n) is 21.6. The number of carbonyl (C=O) groups excluding carboxylic acids is 2. The largest absolute Gasteiger partial charge is 0.571 e. The van der Waals surface area contributed by atoms with Crippen LogP contribution in [0.25, 0.3) is 28.4 Å². The van der Waals surface area contributed by atoms with E-state index in [4.69, 9.17) is 51.8 Å². The number of benzene rings is 4. The highest BCUT2D eigenvalue weighted by atomic mass is 16.8. The van der Waals surface area contributed by atoms with E-state index in [0.29, 0.717) is 0 Å². The number of aromatic hydroxyl groups is 6. The Hall–Kier alpha value is -8.44. The van der Waals surface area contributed by atoms with Gasteiger partial charge in [0.25, 0.3) is 11.9 Å². The van der Waals surface area contributed by atoms with Crippen molar-refractivity contribution >= 4 is 23.7 Å². The lowest BCUT2D eigenvalue weighted by atomic mass is 9.96. The van der Waals surface area contributed by atoms with Crippen LogP contribution in [0.15, 0.2) is 87.8 Å². The second kappa shape index (κ2) is 27.0. The number of aliphatic hydroxyl groups excluding tert-OH is 13. The lowest BCUT2D eigenvalue weighted by molar-refractivity contribution is -0.364. The Morgan fingerprint density at radius 3 is 1.83 bits per heavy atom. The van der Waals surface area contributed by atoms with Gasteiger partial charge in [-0.25, -0.2) is 4.79 Å². The predicted molar refractivity (Wildman–Crippen MR) is 291 cm³/mol. The van der Waals surface area contributed by atoms with E-state index in [9.17, 15) is 116 Å². The summed E-state index contributed by atoms with van der Waals surface area (Å²) in [5.74, 6) is -11.3. The van der Waals surface area contributed by atoms with E-state index >= 15 is 0 Å². The summed E-state index contributed by atoms with van der Waals surface area (Å²) in [5, 5.41) is 203. The molecule has 0 bridgehead atoms. The summed E-state index contributed by atoms with van der Waals surface area (Å²) in [6.45, 7) is -2.88. The summed E-state index contributed by atoms with van der Waals surface area (Å²) in [5.41, 5.74) is -1.26. The molecule has 4 fully saturated rings. The van der Waals surface area contributed by atoms with Crippen LogP contribution in [-0.4, -0.2) is 262 Å². The Bertz CT molecular complexity index is 3560. The van der Waals surface area contributed by atoms with Gasteiger partial charge in [0.05, 0.1) is 30.4 Å². The van der Waals surface area contributed by atoms with Gasteiger partial charge in [-0.1, -0.05) is 0 Å². The zero-order chi connectivity index (χ0) is 66.5. The van der Waals surface area contributed by atoms with Crippen molar-refractivity contribution in [2.45, 2.75) is 135 Å². The minimum absolute atomic E-state index is 0.00361. The molecule has 498 valence electrons. The maximum absolute atomic E-state index is 13.5. The van der Waals surface area contributed by atoms with Crippen molar-refractivity contribution in [3.8, 4) is 68.6 Å². The van der Waals surface area contributed by atoms with Crippen LogP contribution in [0.4, 0.5) is 0 Å². The summed E-state index contributed by atoms with van der Waals surface area (Å²) in [6.07, 6.45) is -43.7. The smallest absolute Gasteiger partial charge is 0.335 e. The van der Waals surface area contributed by atoms with Crippen LogP contribution in [0, 0.1) is 0 Å². The second-order valence-corrected chi connectivity index (χ2v) is 21.6. The van der Waals surface area contributed by atoms with E-state index in [-0.39, 0.29) is 45.5 Å². The van der Waals surface area contributed by atoms with E-state index in [0.717, 1.165) is 42.5 Å². The van der Waals surface area contributed by atoms with Crippen LogP contribution < -0.4 is 14.9 Å². The molecule has 0 amide bonds. The van der Waals surface area contributed by atoms with E-state index in [1.807, 2.05) is 0 Å². The number of hydrogen-bond donors (Lipinski definition) is 19. The van der Waals surface area contributed by atoms with Crippen molar-refractivity contribution in [2.75, 3.05) is 19.8 Å². The van der Waals surface area contributed by atoms with Crippen LogP contribution in [0.3, 0.4) is 0 Å². The number of esters is 2. The maximum Gasteiger partial charge on any atom is 0.335 e. The molecule has 0 aromatic heterocycles. The fourth-order valence-electron chi connectivity index (χ4n) is 10.5. The number of carboxylic acids is 1. The molecule has 6 heterocycles. The van der Waals surface area contributed by atoms with Gasteiger partial charge in [-0.15, -0.1) is 0 Å². The molecular formula is C57H61O35+. The summed E-state index contributed by atoms with van der Waals surface area (Å²) < 4.78 is 66.7. The zero-order valence-corrected chi connectivity index (χ0v) is 46.9. The molecule has 1 aliphatic carbocycles. The number of phenolic OH excluding ortho intramolecular Hbond substituents is 5. The highest BCUT2D eigenvalue weighted by Gasteiger charge is 2.55. The summed E-state index contributed by atoms with van der Waals surface area (Å²) >= 11 is 0. The van der Waals surface area contributed by atoms with Crippen molar-refractivity contribution in [1.82, 2.24) is 0 Å². The highest BCUT2D eigenvalue weighted by molar-refractivity contribution is 5.91. The van der Waals surface area contributed by atoms with Crippen LogP contribution in [-0.2, 0) is 52.3 Å². The van der Waals surface area contributed by atoms with E-state index in [1.165, 1.54) is 30.3 Å². The van der Waals surface area contributed by atoms with Gasteiger partial charge in [0.1, 0.15) is 121 Å². The van der Waals surface area contributed by atoms with Crippen molar-refractivity contribution in [3.05, 3.63) is 99.9 Å². The van der Waals surface area contributed by atoms with Gasteiger partial charge in [0, 0.05) is 23.8 Å². The Labute approximate surface area is 514 Å². The van der Waals surface area contributed by atoms with Crippen molar-refractivity contribution in [1.29, 1.82) is 0 Å². The number of carbonyl (C=O) groups is 3. The molecule has 4 saturated heterocycles. The first kappa shape index (κ1) is 66.5. The minimum atomic E-state index is -2.39. The van der Waals surface area contributed by atoms with Crippen molar-refractivity contribution in [3.63, 3.8) is 0 Å². The summed E-state index contributed by atoms with van der Waals surface area (Å²) in [7, 11) is 0. The number of aliphatic carboxylic acids is 1. The Balaban J connectivity index is 0.863. The number of rotatable bonds is 18. The molecule has 35 heteroatoms. The van der Waals surface area contributed by atoms with Crippen molar-refractivity contribution in [2.24, 2.45) is 0 Å². The SMILES string of the molecule is O=C(CC(=O)OC1C(Oc2cc(O)c3c(c2)[OH+]C(c2ccc(O)cc2)C(OC2OC(CO)C(O)C(O)C2OC2OC(CO)C(O)C(O)C2O)=C3O)OC(C(=O)O)C(O)C1O)OCC1OC(Oc2cc3c(O)cc(=O)cc-3oc2-c2ccc(O)c(O)c2)C(O)C(O)C1O. The van der Waals surface area contributed by atoms with E-state index in [1.54, 1.807) is 0 Å². The quantitative estimate of drug-likeness (QED) is 0.0170. The normalized spacial score (nSPS) is 33.0. The molecule has 6 aliphatic heterocycles. The zero-order valence-electron chi connectivity index (χ0n) is 46.9. The molecule has 21 unspecified atom stereocenters. The lowest BCUT2D eigenvalue weighted by Crippen LogP contribution is -2.64. The average Bonchev–Trinajstić information content (AvgIpc) is 0.789. The number of phenols is 5. The van der Waals surface area contributed by atoms with E-state index < -0.39 is 224 Å². The van der Waals surface area contributed by atoms with Gasteiger partial charge >= 0.3 is 17.9 Å². The molecular weight excluding hydrogens is 1240 g/mol. The third-order valence-electron chi connectivity index (χ3n) is 15.4. The molecule has 0 spiro atoms. The van der Waals surface area contributed by atoms with Crippen LogP contribution in [0.1, 0.15) is 23.7 Å². The van der Waals surface area contributed by atoms with E-state index in [2.05, 4.69) is 4.74 Å². The number of ether oxygens (including phenoxy) is 11. The Kier molecular flexibility index (Phi) is 19.5. The van der Waals surface area contributed by atoms with Crippen LogP contribution >= 0.6 is 0 Å². The average molecular weight is 1310 g/mol. The molecule has 0 saturated carbocycles. The molecule has 7 aliphatic rings. The lowest BCUT2D eigenvalue weighted by Gasteiger charge is -2.46. The number of aliphatic hydroxyl groups is 14. The molecule has 3 aromatic rings. The summed E-state index contributed by atoms with van der Waals surface area (Å²) in [6, 6.07) is 13.0. The topological polar surface area (TPSA) is 571 Å². The first-order chi connectivity index (χ1) is 43.7. The number of fused-ring (bicyclic) bond motifs is 2. The third-order valence-corrected chi connectivity index (χ3v) is 15.4. The van der Waals surface area contributed by atoms with Gasteiger partial charge in [-0.05, 0) is 48.5 Å². The van der Waals surface area contributed by atoms with Gasteiger partial charge in [0.2, 0.25) is 24.6 Å². The summed E-state index contributed by atoms with van der Waals surface area (Å²) in [4.78, 5) is 51.2. The monoisotopic (exact) mass is 1310 g/mol. The first-order valence-electron chi connectivity index (χ1n) is 27.7. The van der Waals surface area contributed by atoms with Crippen molar-refractivity contribution < 1.29 is 168 Å². The minimum Gasteiger partial charge on any atom is -0.571 e. The van der Waals surface area contributed by atoms with Crippen LogP contribution in [0.2, 0.25) is 0 Å². The van der Waals surface area contributed by atoms with Crippen LogP contribution in [0.5, 0.6) is 46.0 Å². The molecule has 0 radical (unpaired) electrons. The molecule has 92 heavy (non-hydrogen) atoms.